The first-order chi connectivity index (χ1) is 8.13. The predicted octanol–water partition coefficient (Wildman–Crippen LogP) is 4.77. The van der Waals surface area contributed by atoms with Crippen molar-refractivity contribution >= 4 is 27.3 Å². The van der Waals surface area contributed by atoms with E-state index in [1.807, 2.05) is 0 Å². The van der Waals surface area contributed by atoms with Crippen molar-refractivity contribution in [3.8, 4) is 0 Å². The number of halogens is 1. The zero-order valence-corrected chi connectivity index (χ0v) is 12.8. The second kappa shape index (κ2) is 5.85. The van der Waals surface area contributed by atoms with Crippen molar-refractivity contribution in [3.63, 3.8) is 0 Å². The van der Waals surface area contributed by atoms with Crippen LogP contribution in [0, 0.1) is 5.92 Å². The van der Waals surface area contributed by atoms with Crippen molar-refractivity contribution < 1.29 is 5.11 Å². The van der Waals surface area contributed by atoms with Crippen LogP contribution >= 0.6 is 27.3 Å². The SMILES string of the molecule is CCC1CCCC(O)(Cc2sccc2Br)CC1. The third kappa shape index (κ3) is 3.55. The quantitative estimate of drug-likeness (QED) is 0.796. The highest BCUT2D eigenvalue weighted by Gasteiger charge is 2.31. The summed E-state index contributed by atoms with van der Waals surface area (Å²) in [4.78, 5) is 1.29. The Bertz CT molecular complexity index is 363. The molecule has 96 valence electrons. The van der Waals surface area contributed by atoms with E-state index < -0.39 is 5.60 Å². The van der Waals surface area contributed by atoms with Gasteiger partial charge in [-0.25, -0.2) is 0 Å². The number of aliphatic hydroxyl groups is 1. The zero-order chi connectivity index (χ0) is 12.3. The van der Waals surface area contributed by atoms with Crippen LogP contribution in [0.5, 0.6) is 0 Å². The first-order valence-electron chi connectivity index (χ1n) is 6.57. The van der Waals surface area contributed by atoms with Crippen molar-refractivity contribution in [2.45, 2.75) is 57.5 Å². The van der Waals surface area contributed by atoms with Crippen LogP contribution in [0.25, 0.3) is 0 Å². The Labute approximate surface area is 116 Å². The van der Waals surface area contributed by atoms with Gasteiger partial charge in [0.15, 0.2) is 0 Å². The lowest BCUT2D eigenvalue weighted by molar-refractivity contribution is 0.0248. The van der Waals surface area contributed by atoms with Gasteiger partial charge >= 0.3 is 0 Å². The molecular formula is C14H21BrOS. The Kier molecular flexibility index (Phi) is 4.67. The van der Waals surface area contributed by atoms with Crippen LogP contribution in [0.4, 0.5) is 0 Å². The zero-order valence-electron chi connectivity index (χ0n) is 10.4. The highest BCUT2D eigenvalue weighted by Crippen LogP contribution is 2.36. The van der Waals surface area contributed by atoms with E-state index in [9.17, 15) is 5.11 Å². The Balaban J connectivity index is 2.01. The molecule has 1 aliphatic carbocycles. The molecule has 0 aliphatic heterocycles. The summed E-state index contributed by atoms with van der Waals surface area (Å²) in [5.41, 5.74) is -0.461. The first-order valence-corrected chi connectivity index (χ1v) is 8.24. The minimum Gasteiger partial charge on any atom is -0.390 e. The molecule has 17 heavy (non-hydrogen) atoms. The van der Waals surface area contributed by atoms with Gasteiger partial charge < -0.3 is 5.11 Å². The first kappa shape index (κ1) is 13.6. The normalized spacial score (nSPS) is 30.2. The fourth-order valence-electron chi connectivity index (χ4n) is 2.80. The summed E-state index contributed by atoms with van der Waals surface area (Å²) in [6.07, 6.45) is 7.68. The van der Waals surface area contributed by atoms with Gasteiger partial charge in [-0.3, -0.25) is 0 Å². The number of hydrogen-bond acceptors (Lipinski definition) is 2. The molecule has 1 saturated carbocycles. The van der Waals surface area contributed by atoms with E-state index in [0.29, 0.717) is 0 Å². The van der Waals surface area contributed by atoms with Gasteiger partial charge in [-0.05, 0) is 52.6 Å². The van der Waals surface area contributed by atoms with Gasteiger partial charge in [0, 0.05) is 15.8 Å². The van der Waals surface area contributed by atoms with Crippen LogP contribution in [0.3, 0.4) is 0 Å². The average molecular weight is 317 g/mol. The minimum atomic E-state index is -0.461. The number of hydrogen-bond donors (Lipinski definition) is 1. The number of thiophene rings is 1. The Morgan fingerprint density at radius 3 is 2.94 bits per heavy atom. The molecule has 0 saturated heterocycles. The van der Waals surface area contributed by atoms with Gasteiger partial charge in [-0.1, -0.05) is 26.2 Å². The topological polar surface area (TPSA) is 20.2 Å². The van der Waals surface area contributed by atoms with Crippen LogP contribution < -0.4 is 0 Å². The molecule has 1 N–H and O–H groups in total. The van der Waals surface area contributed by atoms with E-state index in [2.05, 4.69) is 34.3 Å². The fraction of sp³-hybridized carbons (Fsp3) is 0.714. The van der Waals surface area contributed by atoms with Crippen LogP contribution in [-0.4, -0.2) is 10.7 Å². The fourth-order valence-corrected chi connectivity index (χ4v) is 4.43. The molecule has 0 bridgehead atoms. The third-order valence-electron chi connectivity index (χ3n) is 4.03. The maximum atomic E-state index is 10.7. The van der Waals surface area contributed by atoms with E-state index in [0.717, 1.165) is 29.7 Å². The van der Waals surface area contributed by atoms with Gasteiger partial charge in [-0.15, -0.1) is 11.3 Å². The van der Waals surface area contributed by atoms with Crippen molar-refractivity contribution in [1.82, 2.24) is 0 Å². The lowest BCUT2D eigenvalue weighted by Crippen LogP contribution is -2.30. The van der Waals surface area contributed by atoms with Crippen LogP contribution in [0.15, 0.2) is 15.9 Å². The average Bonchev–Trinajstić information content (AvgIpc) is 2.60. The smallest absolute Gasteiger partial charge is 0.0696 e. The predicted molar refractivity (Wildman–Crippen MR) is 77.5 cm³/mol. The van der Waals surface area contributed by atoms with Gasteiger partial charge in [0.2, 0.25) is 0 Å². The lowest BCUT2D eigenvalue weighted by Gasteiger charge is -2.26. The van der Waals surface area contributed by atoms with Crippen molar-refractivity contribution in [2.75, 3.05) is 0 Å². The van der Waals surface area contributed by atoms with Crippen molar-refractivity contribution in [3.05, 3.63) is 20.8 Å². The van der Waals surface area contributed by atoms with Gasteiger partial charge in [0.05, 0.1) is 5.60 Å². The molecule has 1 aliphatic rings. The Hall–Kier alpha value is 0.140. The number of rotatable bonds is 3. The van der Waals surface area contributed by atoms with E-state index in [4.69, 9.17) is 0 Å². The summed E-state index contributed by atoms with van der Waals surface area (Å²) in [6, 6.07) is 2.08. The summed E-state index contributed by atoms with van der Waals surface area (Å²) in [5, 5.41) is 12.8. The summed E-state index contributed by atoms with van der Waals surface area (Å²) in [6.45, 7) is 2.27. The minimum absolute atomic E-state index is 0.461. The molecule has 2 unspecified atom stereocenters. The van der Waals surface area contributed by atoms with Crippen LogP contribution in [0.1, 0.15) is 50.3 Å². The van der Waals surface area contributed by atoms with Crippen LogP contribution in [0.2, 0.25) is 0 Å². The molecule has 1 heterocycles. The molecular weight excluding hydrogens is 296 g/mol. The molecule has 0 amide bonds. The maximum absolute atomic E-state index is 10.7. The molecule has 3 heteroatoms. The molecule has 1 aromatic heterocycles. The van der Waals surface area contributed by atoms with Crippen LogP contribution in [-0.2, 0) is 6.42 Å². The second-order valence-corrected chi connectivity index (χ2v) is 7.15. The molecule has 0 radical (unpaired) electrons. The standard InChI is InChI=1S/C14H21BrOS/c1-2-11-4-3-7-14(16,8-5-11)10-13-12(15)6-9-17-13/h6,9,11,16H,2-5,7-8,10H2,1H3. The highest BCUT2D eigenvalue weighted by molar-refractivity contribution is 9.10. The molecule has 1 nitrogen and oxygen atoms in total. The molecule has 0 spiro atoms. The van der Waals surface area contributed by atoms with E-state index >= 15 is 0 Å². The summed E-state index contributed by atoms with van der Waals surface area (Å²) in [7, 11) is 0. The van der Waals surface area contributed by atoms with E-state index in [-0.39, 0.29) is 0 Å². The van der Waals surface area contributed by atoms with Gasteiger partial charge in [0.1, 0.15) is 0 Å². The maximum Gasteiger partial charge on any atom is 0.0696 e. The van der Waals surface area contributed by atoms with Crippen molar-refractivity contribution in [1.29, 1.82) is 0 Å². The molecule has 1 fully saturated rings. The summed E-state index contributed by atoms with van der Waals surface area (Å²) in [5.74, 6) is 0.829. The lowest BCUT2D eigenvalue weighted by atomic mass is 9.89. The monoisotopic (exact) mass is 316 g/mol. The second-order valence-electron chi connectivity index (χ2n) is 5.30. The van der Waals surface area contributed by atoms with Gasteiger partial charge in [-0.2, -0.15) is 0 Å². The van der Waals surface area contributed by atoms with E-state index in [1.54, 1.807) is 11.3 Å². The largest absolute Gasteiger partial charge is 0.390 e. The molecule has 2 rings (SSSR count). The highest BCUT2D eigenvalue weighted by atomic mass is 79.9. The molecule has 0 aromatic carbocycles. The van der Waals surface area contributed by atoms with Crippen molar-refractivity contribution in [2.24, 2.45) is 5.92 Å². The van der Waals surface area contributed by atoms with E-state index in [1.165, 1.54) is 30.6 Å². The third-order valence-corrected chi connectivity index (χ3v) is 5.96. The summed E-state index contributed by atoms with van der Waals surface area (Å²) < 4.78 is 1.16. The summed E-state index contributed by atoms with van der Waals surface area (Å²) >= 11 is 5.31. The molecule has 1 aromatic rings. The van der Waals surface area contributed by atoms with Gasteiger partial charge in [0.25, 0.3) is 0 Å². The molecule has 2 atom stereocenters. The Morgan fingerprint density at radius 1 is 1.47 bits per heavy atom. The Morgan fingerprint density at radius 2 is 2.29 bits per heavy atom.